The lowest BCUT2D eigenvalue weighted by molar-refractivity contribution is -0.384. The minimum absolute atomic E-state index is 0.0567. The van der Waals surface area contributed by atoms with Crippen molar-refractivity contribution in [1.29, 1.82) is 0 Å². The molecular weight excluding hydrogens is 232 g/mol. The molecule has 1 aromatic rings. The molecule has 0 spiro atoms. The summed E-state index contributed by atoms with van der Waals surface area (Å²) in [6, 6.07) is 4.15. The van der Waals surface area contributed by atoms with E-state index in [0.717, 1.165) is 0 Å². The lowest BCUT2D eigenvalue weighted by Crippen LogP contribution is -2.29. The van der Waals surface area contributed by atoms with Gasteiger partial charge in [0.2, 0.25) is 0 Å². The summed E-state index contributed by atoms with van der Waals surface area (Å²) in [4.78, 5) is 9.96. The summed E-state index contributed by atoms with van der Waals surface area (Å²) in [5, 5.41) is 23.1. The van der Waals surface area contributed by atoms with Crippen molar-refractivity contribution in [2.75, 3.05) is 11.9 Å². The quantitative estimate of drug-likeness (QED) is 0.630. The molecule has 1 rings (SSSR count). The third kappa shape index (κ3) is 3.67. The molecule has 16 heavy (non-hydrogen) atoms. The normalized spacial score (nSPS) is 11.2. The first-order valence-corrected chi connectivity index (χ1v) is 5.07. The predicted octanol–water partition coefficient (Wildman–Crippen LogP) is 2.43. The molecule has 0 saturated carbocycles. The number of non-ortho nitro benzene ring substituents is 1. The van der Waals surface area contributed by atoms with Crippen LogP contribution in [0.15, 0.2) is 18.2 Å². The first-order valence-electron chi connectivity index (χ1n) is 4.70. The molecule has 0 heterocycles. The van der Waals surface area contributed by atoms with Crippen molar-refractivity contribution in [2.24, 2.45) is 0 Å². The third-order valence-electron chi connectivity index (χ3n) is 1.87. The maximum Gasteiger partial charge on any atom is 0.271 e. The Balaban J connectivity index is 2.80. The molecule has 0 aliphatic carbocycles. The monoisotopic (exact) mass is 244 g/mol. The minimum atomic E-state index is -0.870. The topological polar surface area (TPSA) is 75.4 Å². The molecule has 0 atom stereocenters. The van der Waals surface area contributed by atoms with E-state index in [4.69, 9.17) is 11.6 Å². The number of anilines is 1. The lowest BCUT2D eigenvalue weighted by atomic mass is 10.1. The van der Waals surface area contributed by atoms with Crippen LogP contribution in [0.5, 0.6) is 0 Å². The molecule has 0 aromatic heterocycles. The van der Waals surface area contributed by atoms with Crippen molar-refractivity contribution < 1.29 is 10.0 Å². The van der Waals surface area contributed by atoms with Crippen LogP contribution in [0.3, 0.4) is 0 Å². The first kappa shape index (κ1) is 12.7. The van der Waals surface area contributed by atoms with Gasteiger partial charge < -0.3 is 10.4 Å². The average Bonchev–Trinajstić information content (AvgIpc) is 2.14. The Bertz CT molecular complexity index is 402. The second-order valence-electron chi connectivity index (χ2n) is 4.09. The van der Waals surface area contributed by atoms with Crippen molar-refractivity contribution >= 4 is 23.0 Å². The first-order chi connectivity index (χ1) is 7.29. The van der Waals surface area contributed by atoms with E-state index >= 15 is 0 Å². The van der Waals surface area contributed by atoms with Crippen LogP contribution < -0.4 is 5.32 Å². The molecule has 0 fully saturated rings. The Morgan fingerprint density at radius 2 is 2.19 bits per heavy atom. The van der Waals surface area contributed by atoms with Crippen molar-refractivity contribution in [3.8, 4) is 0 Å². The molecule has 0 amide bonds. The molecule has 5 nitrogen and oxygen atoms in total. The number of halogens is 1. The fourth-order valence-corrected chi connectivity index (χ4v) is 1.31. The maximum atomic E-state index is 10.5. The van der Waals surface area contributed by atoms with E-state index in [2.05, 4.69) is 5.32 Å². The summed E-state index contributed by atoms with van der Waals surface area (Å²) >= 11 is 5.85. The molecule has 0 unspecified atom stereocenters. The second kappa shape index (κ2) is 4.67. The highest BCUT2D eigenvalue weighted by Gasteiger charge is 2.14. The minimum Gasteiger partial charge on any atom is -0.389 e. The highest BCUT2D eigenvalue weighted by molar-refractivity contribution is 6.33. The van der Waals surface area contributed by atoms with Gasteiger partial charge in [0.05, 0.1) is 21.2 Å². The van der Waals surface area contributed by atoms with Crippen molar-refractivity contribution in [3.05, 3.63) is 33.3 Å². The largest absolute Gasteiger partial charge is 0.389 e. The number of nitrogens with zero attached hydrogens (tertiary/aromatic N) is 1. The molecule has 0 aliphatic rings. The van der Waals surface area contributed by atoms with Gasteiger partial charge in [0, 0.05) is 18.7 Å². The Morgan fingerprint density at radius 3 is 2.62 bits per heavy atom. The van der Waals surface area contributed by atoms with E-state index in [0.29, 0.717) is 12.2 Å². The lowest BCUT2D eigenvalue weighted by Gasteiger charge is -2.18. The van der Waals surface area contributed by atoms with Crippen LogP contribution in [0.1, 0.15) is 13.8 Å². The number of benzene rings is 1. The van der Waals surface area contributed by atoms with Crippen LogP contribution in [0, 0.1) is 10.1 Å². The van der Waals surface area contributed by atoms with Crippen LogP contribution in [0.4, 0.5) is 11.4 Å². The molecule has 0 saturated heterocycles. The van der Waals surface area contributed by atoms with Gasteiger partial charge in [-0.25, -0.2) is 0 Å². The van der Waals surface area contributed by atoms with E-state index in [1.165, 1.54) is 18.2 Å². The summed E-state index contributed by atoms with van der Waals surface area (Å²) in [7, 11) is 0. The summed E-state index contributed by atoms with van der Waals surface area (Å²) < 4.78 is 0. The number of nitrogens with one attached hydrogen (secondary N) is 1. The molecular formula is C10H13ClN2O3. The van der Waals surface area contributed by atoms with Crippen LogP contribution in [0.2, 0.25) is 5.02 Å². The van der Waals surface area contributed by atoms with Gasteiger partial charge in [-0.2, -0.15) is 0 Å². The predicted molar refractivity (Wildman–Crippen MR) is 62.9 cm³/mol. The van der Waals surface area contributed by atoms with E-state index in [1.807, 2.05) is 0 Å². The van der Waals surface area contributed by atoms with Crippen molar-refractivity contribution in [2.45, 2.75) is 19.4 Å². The molecule has 6 heteroatoms. The van der Waals surface area contributed by atoms with Gasteiger partial charge in [-0.15, -0.1) is 0 Å². The van der Waals surface area contributed by atoms with Crippen LogP contribution in [0.25, 0.3) is 0 Å². The fourth-order valence-electron chi connectivity index (χ4n) is 1.07. The van der Waals surface area contributed by atoms with Gasteiger partial charge in [-0.1, -0.05) is 11.6 Å². The third-order valence-corrected chi connectivity index (χ3v) is 2.19. The molecule has 2 N–H and O–H groups in total. The van der Waals surface area contributed by atoms with Crippen molar-refractivity contribution in [3.63, 3.8) is 0 Å². The van der Waals surface area contributed by atoms with Crippen LogP contribution in [-0.2, 0) is 0 Å². The van der Waals surface area contributed by atoms with Gasteiger partial charge in [-0.3, -0.25) is 10.1 Å². The van der Waals surface area contributed by atoms with Crippen LogP contribution in [-0.4, -0.2) is 22.2 Å². The summed E-state index contributed by atoms with van der Waals surface area (Å²) in [6.07, 6.45) is 0. The van der Waals surface area contributed by atoms with E-state index in [-0.39, 0.29) is 10.7 Å². The number of hydrogen-bond acceptors (Lipinski definition) is 4. The summed E-state index contributed by atoms with van der Waals surface area (Å²) in [6.45, 7) is 3.61. The number of rotatable bonds is 4. The highest BCUT2D eigenvalue weighted by atomic mass is 35.5. The smallest absolute Gasteiger partial charge is 0.271 e. The average molecular weight is 245 g/mol. The van der Waals surface area contributed by atoms with Crippen molar-refractivity contribution in [1.82, 2.24) is 0 Å². The molecule has 0 bridgehead atoms. The second-order valence-corrected chi connectivity index (χ2v) is 4.49. The van der Waals surface area contributed by atoms with Gasteiger partial charge in [0.15, 0.2) is 0 Å². The number of nitro groups is 1. The Kier molecular flexibility index (Phi) is 3.72. The Morgan fingerprint density at radius 1 is 1.56 bits per heavy atom. The standard InChI is InChI=1S/C10H13ClN2O3/c1-10(2,14)6-12-9-4-3-7(13(15)16)5-8(9)11/h3-5,12,14H,6H2,1-2H3. The van der Waals surface area contributed by atoms with Gasteiger partial charge in [-0.05, 0) is 19.9 Å². The SMILES string of the molecule is CC(C)(O)CNc1ccc([N+](=O)[O-])cc1Cl. The zero-order chi connectivity index (χ0) is 12.3. The summed E-state index contributed by atoms with van der Waals surface area (Å²) in [5.74, 6) is 0. The van der Waals surface area contributed by atoms with E-state index < -0.39 is 10.5 Å². The molecule has 88 valence electrons. The Hall–Kier alpha value is -1.33. The zero-order valence-electron chi connectivity index (χ0n) is 9.03. The van der Waals surface area contributed by atoms with Gasteiger partial charge in [0.1, 0.15) is 0 Å². The maximum absolute atomic E-state index is 10.5. The fraction of sp³-hybridized carbons (Fsp3) is 0.400. The van der Waals surface area contributed by atoms with Crippen LogP contribution >= 0.6 is 11.6 Å². The Labute approximate surface area is 98.2 Å². The molecule has 1 aromatic carbocycles. The highest BCUT2D eigenvalue weighted by Crippen LogP contribution is 2.26. The molecule has 0 aliphatic heterocycles. The van der Waals surface area contributed by atoms with E-state index in [9.17, 15) is 15.2 Å². The number of nitro benzene ring substituents is 1. The van der Waals surface area contributed by atoms with Gasteiger partial charge in [0.25, 0.3) is 5.69 Å². The van der Waals surface area contributed by atoms with Gasteiger partial charge >= 0.3 is 0 Å². The van der Waals surface area contributed by atoms with E-state index in [1.54, 1.807) is 13.8 Å². The zero-order valence-corrected chi connectivity index (χ0v) is 9.78. The molecule has 0 radical (unpaired) electrons. The summed E-state index contributed by atoms with van der Waals surface area (Å²) in [5.41, 5.74) is -0.362. The number of aliphatic hydroxyl groups is 1. The number of hydrogen-bond donors (Lipinski definition) is 2.